The van der Waals surface area contributed by atoms with E-state index >= 15 is 0 Å². The number of benzene rings is 1. The van der Waals surface area contributed by atoms with Gasteiger partial charge in [-0.15, -0.1) is 0 Å². The maximum absolute atomic E-state index is 12.8. The molecule has 2 heterocycles. The number of anilines is 1. The molecule has 0 unspecified atom stereocenters. The summed E-state index contributed by atoms with van der Waals surface area (Å²) in [5.41, 5.74) is 0.293. The highest BCUT2D eigenvalue weighted by molar-refractivity contribution is 7.10. The van der Waals surface area contributed by atoms with Crippen molar-refractivity contribution in [2.75, 3.05) is 11.9 Å². The summed E-state index contributed by atoms with van der Waals surface area (Å²) in [6.07, 6.45) is 1.91. The molecule has 2 aromatic rings. The van der Waals surface area contributed by atoms with Crippen LogP contribution < -0.4 is 5.32 Å². The zero-order chi connectivity index (χ0) is 19.4. The molecule has 0 radical (unpaired) electrons. The second-order valence-corrected chi connectivity index (χ2v) is 8.22. The van der Waals surface area contributed by atoms with Crippen molar-refractivity contribution in [3.05, 3.63) is 30.3 Å². The molecule has 1 aliphatic heterocycles. The molecule has 8 heteroatoms. The zero-order valence-corrected chi connectivity index (χ0v) is 16.6. The van der Waals surface area contributed by atoms with Crippen LogP contribution in [0, 0.1) is 0 Å². The molecule has 0 bridgehead atoms. The minimum atomic E-state index is -0.598. The average Bonchev–Trinajstić information content (AvgIpc) is 3.09. The number of carbonyl (C=O) groups is 2. The fourth-order valence-corrected chi connectivity index (χ4v) is 3.50. The van der Waals surface area contributed by atoms with Gasteiger partial charge >= 0.3 is 6.09 Å². The molecular weight excluding hydrogens is 364 g/mol. The van der Waals surface area contributed by atoms with Gasteiger partial charge < -0.3 is 4.74 Å². The molecule has 1 atom stereocenters. The standard InChI is InChI=1S/C19H24N4O3S/c1-19(2,3)26-18(25)23-12-8-7-11-14(23)16(24)21-17-20-15(22-27-17)13-9-5-4-6-10-13/h4-6,9-10,14H,7-8,11-12H2,1-3H3,(H,20,21,22,24)/t14-/m0/s1. The predicted octanol–water partition coefficient (Wildman–Crippen LogP) is 3.93. The Balaban J connectivity index is 1.69. The maximum atomic E-state index is 12.8. The van der Waals surface area contributed by atoms with Crippen molar-refractivity contribution in [1.29, 1.82) is 0 Å². The van der Waals surface area contributed by atoms with Crippen LogP contribution in [0.5, 0.6) is 0 Å². The van der Waals surface area contributed by atoms with Crippen LogP contribution >= 0.6 is 11.5 Å². The molecule has 0 spiro atoms. The molecule has 2 amide bonds. The number of carbonyl (C=O) groups excluding carboxylic acids is 2. The largest absolute Gasteiger partial charge is 0.444 e. The Bertz CT molecular complexity index is 801. The Morgan fingerprint density at radius 3 is 2.67 bits per heavy atom. The first-order valence-electron chi connectivity index (χ1n) is 9.03. The van der Waals surface area contributed by atoms with Gasteiger partial charge in [0.1, 0.15) is 11.6 Å². The van der Waals surface area contributed by atoms with Gasteiger partial charge in [-0.2, -0.15) is 9.36 Å². The second-order valence-electron chi connectivity index (χ2n) is 7.46. The average molecular weight is 388 g/mol. The van der Waals surface area contributed by atoms with Gasteiger partial charge in [-0.3, -0.25) is 15.0 Å². The lowest BCUT2D eigenvalue weighted by molar-refractivity contribution is -0.122. The van der Waals surface area contributed by atoms with Crippen molar-refractivity contribution in [2.45, 2.75) is 51.7 Å². The second kappa shape index (κ2) is 8.04. The van der Waals surface area contributed by atoms with E-state index in [1.807, 2.05) is 51.1 Å². The van der Waals surface area contributed by atoms with Gasteiger partial charge in [0.05, 0.1) is 0 Å². The molecule has 1 aromatic carbocycles. The van der Waals surface area contributed by atoms with E-state index in [1.54, 1.807) is 0 Å². The van der Waals surface area contributed by atoms with E-state index in [1.165, 1.54) is 4.90 Å². The van der Waals surface area contributed by atoms with Crippen LogP contribution in [0.1, 0.15) is 40.0 Å². The summed E-state index contributed by atoms with van der Waals surface area (Å²) < 4.78 is 9.75. The number of piperidine rings is 1. The van der Waals surface area contributed by atoms with E-state index < -0.39 is 17.7 Å². The van der Waals surface area contributed by atoms with Crippen LogP contribution in [0.2, 0.25) is 0 Å². The Morgan fingerprint density at radius 2 is 1.96 bits per heavy atom. The van der Waals surface area contributed by atoms with Crippen molar-refractivity contribution in [3.8, 4) is 11.4 Å². The fraction of sp³-hybridized carbons (Fsp3) is 0.474. The number of nitrogens with one attached hydrogen (secondary N) is 1. The summed E-state index contributed by atoms with van der Waals surface area (Å²) in [5.74, 6) is 0.319. The summed E-state index contributed by atoms with van der Waals surface area (Å²) in [7, 11) is 0. The quantitative estimate of drug-likeness (QED) is 0.861. The summed E-state index contributed by atoms with van der Waals surface area (Å²) in [5, 5.41) is 3.23. The number of nitrogens with zero attached hydrogens (tertiary/aromatic N) is 3. The lowest BCUT2D eigenvalue weighted by Crippen LogP contribution is -2.51. The van der Waals surface area contributed by atoms with E-state index in [2.05, 4.69) is 14.7 Å². The first-order chi connectivity index (χ1) is 12.8. The van der Waals surface area contributed by atoms with Crippen LogP contribution in [-0.2, 0) is 9.53 Å². The number of likely N-dealkylation sites (tertiary alicyclic amines) is 1. The Kier molecular flexibility index (Phi) is 5.74. The van der Waals surface area contributed by atoms with Crippen LogP contribution in [-0.4, -0.2) is 44.4 Å². The molecule has 1 aromatic heterocycles. The smallest absolute Gasteiger partial charge is 0.410 e. The molecule has 1 fully saturated rings. The topological polar surface area (TPSA) is 84.4 Å². The zero-order valence-electron chi connectivity index (χ0n) is 15.8. The van der Waals surface area contributed by atoms with Crippen LogP contribution in [0.15, 0.2) is 30.3 Å². The highest BCUT2D eigenvalue weighted by atomic mass is 32.1. The number of ether oxygens (including phenoxy) is 1. The van der Waals surface area contributed by atoms with Gasteiger partial charge in [-0.1, -0.05) is 30.3 Å². The van der Waals surface area contributed by atoms with Gasteiger partial charge in [-0.25, -0.2) is 4.79 Å². The molecule has 3 rings (SSSR count). The van der Waals surface area contributed by atoms with Gasteiger partial charge in [0.15, 0.2) is 5.82 Å². The third kappa shape index (κ3) is 5.03. The van der Waals surface area contributed by atoms with Gasteiger partial charge in [0.25, 0.3) is 0 Å². The maximum Gasteiger partial charge on any atom is 0.410 e. The number of hydrogen-bond donors (Lipinski definition) is 1. The van der Waals surface area contributed by atoms with Gasteiger partial charge in [-0.05, 0) is 40.0 Å². The minimum Gasteiger partial charge on any atom is -0.444 e. The van der Waals surface area contributed by atoms with E-state index in [9.17, 15) is 9.59 Å². The van der Waals surface area contributed by atoms with Crippen LogP contribution in [0.25, 0.3) is 11.4 Å². The monoisotopic (exact) mass is 388 g/mol. The van der Waals surface area contributed by atoms with Crippen molar-refractivity contribution in [1.82, 2.24) is 14.3 Å². The lowest BCUT2D eigenvalue weighted by Gasteiger charge is -2.35. The van der Waals surface area contributed by atoms with Crippen LogP contribution in [0.4, 0.5) is 9.93 Å². The van der Waals surface area contributed by atoms with E-state index in [4.69, 9.17) is 4.74 Å². The molecule has 1 saturated heterocycles. The van der Waals surface area contributed by atoms with Crippen LogP contribution in [0.3, 0.4) is 0 Å². The molecule has 144 valence electrons. The SMILES string of the molecule is CC(C)(C)OC(=O)N1CCCC[C@H]1C(=O)Nc1nc(-c2ccccc2)ns1. The third-order valence-electron chi connectivity index (χ3n) is 4.12. The van der Waals surface area contributed by atoms with Crippen molar-refractivity contribution >= 4 is 28.7 Å². The molecule has 0 saturated carbocycles. The van der Waals surface area contributed by atoms with Gasteiger partial charge in [0, 0.05) is 23.6 Å². The molecule has 27 heavy (non-hydrogen) atoms. The summed E-state index contributed by atoms with van der Waals surface area (Å²) >= 11 is 1.13. The Hall–Kier alpha value is -2.48. The van der Waals surface area contributed by atoms with E-state index in [0.29, 0.717) is 23.9 Å². The molecule has 0 aliphatic carbocycles. The fourth-order valence-electron chi connectivity index (χ4n) is 2.91. The molecule has 1 aliphatic rings. The van der Waals surface area contributed by atoms with Gasteiger partial charge in [0.2, 0.25) is 11.0 Å². The lowest BCUT2D eigenvalue weighted by atomic mass is 10.0. The Labute approximate surface area is 162 Å². The number of aromatic nitrogens is 2. The predicted molar refractivity (Wildman–Crippen MR) is 105 cm³/mol. The number of amides is 2. The summed E-state index contributed by atoms with van der Waals surface area (Å²) in [6, 6.07) is 9.02. The normalized spacial score (nSPS) is 17.4. The molecule has 1 N–H and O–H groups in total. The highest BCUT2D eigenvalue weighted by Gasteiger charge is 2.35. The van der Waals surface area contributed by atoms with Crippen molar-refractivity contribution < 1.29 is 14.3 Å². The summed E-state index contributed by atoms with van der Waals surface area (Å²) in [6.45, 7) is 5.96. The first kappa shape index (κ1) is 19.3. The highest BCUT2D eigenvalue weighted by Crippen LogP contribution is 2.24. The first-order valence-corrected chi connectivity index (χ1v) is 9.80. The third-order valence-corrected chi connectivity index (χ3v) is 4.75. The van der Waals surface area contributed by atoms with E-state index in [0.717, 1.165) is 29.9 Å². The van der Waals surface area contributed by atoms with Crippen molar-refractivity contribution in [2.24, 2.45) is 0 Å². The van der Waals surface area contributed by atoms with E-state index in [-0.39, 0.29) is 5.91 Å². The number of rotatable bonds is 3. The Morgan fingerprint density at radius 1 is 1.22 bits per heavy atom. The minimum absolute atomic E-state index is 0.253. The number of hydrogen-bond acceptors (Lipinski definition) is 6. The molecular formula is C19H24N4O3S. The van der Waals surface area contributed by atoms with Crippen molar-refractivity contribution in [3.63, 3.8) is 0 Å². The summed E-state index contributed by atoms with van der Waals surface area (Å²) in [4.78, 5) is 31.1. The molecule has 7 nitrogen and oxygen atoms in total.